The molecule has 1 aromatic rings. The summed E-state index contributed by atoms with van der Waals surface area (Å²) < 4.78 is 0. The molecule has 1 aliphatic rings. The molecule has 1 heterocycles. The summed E-state index contributed by atoms with van der Waals surface area (Å²) in [6.07, 6.45) is 0. The third-order valence-electron chi connectivity index (χ3n) is 3.06. The summed E-state index contributed by atoms with van der Waals surface area (Å²) in [5.41, 5.74) is 7.51. The van der Waals surface area contributed by atoms with Gasteiger partial charge in [-0.25, -0.2) is 4.99 Å². The number of allylic oxidation sites excluding steroid dienone is 1. The molecular formula is C13H14N4O3. The molecule has 7 nitrogen and oxygen atoms in total. The molecule has 0 saturated carbocycles. The third kappa shape index (κ3) is 2.51. The highest BCUT2D eigenvalue weighted by Crippen LogP contribution is 2.31. The van der Waals surface area contributed by atoms with Gasteiger partial charge >= 0.3 is 0 Å². The number of ketones is 1. The Balaban J connectivity index is 2.45. The van der Waals surface area contributed by atoms with E-state index in [-0.39, 0.29) is 17.4 Å². The van der Waals surface area contributed by atoms with E-state index in [1.54, 1.807) is 19.1 Å². The topological polar surface area (TPSA) is 111 Å². The lowest BCUT2D eigenvalue weighted by atomic mass is 9.94. The second kappa shape index (κ2) is 5.12. The van der Waals surface area contributed by atoms with E-state index < -0.39 is 11.0 Å². The number of nitro groups is 1. The number of hydrogen-bond acceptors (Lipinski definition) is 6. The van der Waals surface area contributed by atoms with E-state index in [1.165, 1.54) is 19.1 Å². The summed E-state index contributed by atoms with van der Waals surface area (Å²) in [5, 5.41) is 13.5. The molecule has 0 aromatic heterocycles. The van der Waals surface area contributed by atoms with Gasteiger partial charge in [-0.3, -0.25) is 14.9 Å². The van der Waals surface area contributed by atoms with Crippen LogP contribution < -0.4 is 11.1 Å². The van der Waals surface area contributed by atoms with E-state index in [1.807, 2.05) is 0 Å². The first-order valence-corrected chi connectivity index (χ1v) is 5.96. The van der Waals surface area contributed by atoms with Crippen molar-refractivity contribution in [3.63, 3.8) is 0 Å². The minimum absolute atomic E-state index is 0.00953. The number of nitrogens with zero attached hydrogens (tertiary/aromatic N) is 2. The van der Waals surface area contributed by atoms with Gasteiger partial charge in [-0.15, -0.1) is 0 Å². The third-order valence-corrected chi connectivity index (χ3v) is 3.06. The summed E-state index contributed by atoms with van der Waals surface area (Å²) in [7, 11) is 0. The Morgan fingerprint density at radius 3 is 2.50 bits per heavy atom. The van der Waals surface area contributed by atoms with Crippen LogP contribution in [0.5, 0.6) is 0 Å². The number of aliphatic imine (C=N–C) groups is 1. The SMILES string of the molecule is CC(=O)C1=C(C)NC(N)=N[C@@H]1c1ccc([N+](=O)[O-])cc1. The van der Waals surface area contributed by atoms with Gasteiger partial charge in [-0.05, 0) is 31.5 Å². The van der Waals surface area contributed by atoms with Crippen LogP contribution in [0.25, 0.3) is 0 Å². The van der Waals surface area contributed by atoms with Crippen LogP contribution in [0, 0.1) is 10.1 Å². The minimum Gasteiger partial charge on any atom is -0.370 e. The van der Waals surface area contributed by atoms with Crippen molar-refractivity contribution in [1.82, 2.24) is 5.32 Å². The number of non-ortho nitro benzene ring substituents is 1. The van der Waals surface area contributed by atoms with Crippen molar-refractivity contribution in [3.05, 3.63) is 51.2 Å². The zero-order valence-corrected chi connectivity index (χ0v) is 11.1. The normalized spacial score (nSPS) is 18.3. The quantitative estimate of drug-likeness (QED) is 0.639. The number of hydrogen-bond donors (Lipinski definition) is 2. The Hall–Kier alpha value is -2.70. The van der Waals surface area contributed by atoms with Crippen molar-refractivity contribution in [2.45, 2.75) is 19.9 Å². The molecule has 1 aliphatic heterocycles. The number of rotatable bonds is 3. The van der Waals surface area contributed by atoms with Crippen molar-refractivity contribution in [2.75, 3.05) is 0 Å². The van der Waals surface area contributed by atoms with Crippen LogP contribution in [-0.2, 0) is 4.79 Å². The van der Waals surface area contributed by atoms with E-state index in [4.69, 9.17) is 5.73 Å². The zero-order valence-electron chi connectivity index (χ0n) is 11.1. The lowest BCUT2D eigenvalue weighted by Gasteiger charge is -2.24. The number of nitrogens with two attached hydrogens (primary N) is 1. The fraction of sp³-hybridized carbons (Fsp3) is 0.231. The van der Waals surface area contributed by atoms with Crippen LogP contribution in [-0.4, -0.2) is 16.7 Å². The number of benzene rings is 1. The van der Waals surface area contributed by atoms with Crippen LogP contribution >= 0.6 is 0 Å². The highest BCUT2D eigenvalue weighted by atomic mass is 16.6. The van der Waals surface area contributed by atoms with Gasteiger partial charge in [0.25, 0.3) is 5.69 Å². The molecule has 1 atom stereocenters. The minimum atomic E-state index is -0.533. The smallest absolute Gasteiger partial charge is 0.269 e. The monoisotopic (exact) mass is 274 g/mol. The van der Waals surface area contributed by atoms with E-state index in [2.05, 4.69) is 10.3 Å². The number of guanidine groups is 1. The predicted octanol–water partition coefficient (Wildman–Crippen LogP) is 1.42. The standard InChI is InChI=1S/C13H14N4O3/c1-7-11(8(2)18)12(16-13(14)15-7)9-3-5-10(6-4-9)17(19)20/h3-6,12H,1-2H3,(H3,14,15,16)/t12-/m1/s1. The fourth-order valence-electron chi connectivity index (χ4n) is 2.18. The van der Waals surface area contributed by atoms with Crippen LogP contribution in [0.4, 0.5) is 5.69 Å². The molecule has 0 aliphatic carbocycles. The molecule has 0 amide bonds. The number of Topliss-reactive ketones (excluding diaryl/α,β-unsaturated/α-hetero) is 1. The van der Waals surface area contributed by atoms with Crippen molar-refractivity contribution in [3.8, 4) is 0 Å². The lowest BCUT2D eigenvalue weighted by molar-refractivity contribution is -0.384. The number of carbonyl (C=O) groups is 1. The van der Waals surface area contributed by atoms with Crippen LogP contribution in [0.2, 0.25) is 0 Å². The molecule has 0 unspecified atom stereocenters. The van der Waals surface area contributed by atoms with Crippen LogP contribution in [0.1, 0.15) is 25.5 Å². The van der Waals surface area contributed by atoms with Crippen molar-refractivity contribution < 1.29 is 9.72 Å². The average Bonchev–Trinajstić information content (AvgIpc) is 2.37. The van der Waals surface area contributed by atoms with E-state index in [0.717, 1.165) is 0 Å². The van der Waals surface area contributed by atoms with Crippen molar-refractivity contribution >= 4 is 17.4 Å². The first kappa shape index (κ1) is 13.7. The van der Waals surface area contributed by atoms with Crippen LogP contribution in [0.3, 0.4) is 0 Å². The van der Waals surface area contributed by atoms with Crippen LogP contribution in [0.15, 0.2) is 40.5 Å². The van der Waals surface area contributed by atoms with Gasteiger partial charge in [0.1, 0.15) is 6.04 Å². The number of carbonyl (C=O) groups excluding carboxylic acids is 1. The number of nitro benzene ring substituents is 1. The second-order valence-electron chi connectivity index (χ2n) is 4.49. The molecule has 2 rings (SSSR count). The Morgan fingerprint density at radius 1 is 1.40 bits per heavy atom. The Kier molecular flexibility index (Phi) is 3.51. The Labute approximate surface area is 115 Å². The van der Waals surface area contributed by atoms with Crippen molar-refractivity contribution in [2.24, 2.45) is 10.7 Å². The molecule has 0 saturated heterocycles. The molecule has 0 bridgehead atoms. The lowest BCUT2D eigenvalue weighted by Crippen LogP contribution is -2.36. The maximum Gasteiger partial charge on any atom is 0.269 e. The highest BCUT2D eigenvalue weighted by Gasteiger charge is 2.26. The van der Waals surface area contributed by atoms with Gasteiger partial charge in [0.15, 0.2) is 11.7 Å². The Bertz CT molecular complexity index is 632. The molecule has 0 fully saturated rings. The Morgan fingerprint density at radius 2 is 2.00 bits per heavy atom. The van der Waals surface area contributed by atoms with Gasteiger partial charge in [0.05, 0.1) is 4.92 Å². The molecule has 0 radical (unpaired) electrons. The van der Waals surface area contributed by atoms with Gasteiger partial charge in [0, 0.05) is 23.4 Å². The molecule has 0 spiro atoms. The predicted molar refractivity (Wildman–Crippen MR) is 74.0 cm³/mol. The molecule has 20 heavy (non-hydrogen) atoms. The fourth-order valence-corrected chi connectivity index (χ4v) is 2.18. The zero-order chi connectivity index (χ0) is 14.9. The van der Waals surface area contributed by atoms with E-state index in [0.29, 0.717) is 16.8 Å². The van der Waals surface area contributed by atoms with Gasteiger partial charge < -0.3 is 11.1 Å². The van der Waals surface area contributed by atoms with E-state index in [9.17, 15) is 14.9 Å². The molecule has 1 aromatic carbocycles. The van der Waals surface area contributed by atoms with Gasteiger partial charge in [-0.1, -0.05) is 0 Å². The van der Waals surface area contributed by atoms with Crippen molar-refractivity contribution in [1.29, 1.82) is 0 Å². The molecule has 104 valence electrons. The largest absolute Gasteiger partial charge is 0.370 e. The second-order valence-corrected chi connectivity index (χ2v) is 4.49. The molecule has 3 N–H and O–H groups in total. The summed E-state index contributed by atoms with van der Waals surface area (Å²) in [6.45, 7) is 3.20. The van der Waals surface area contributed by atoms with Gasteiger partial charge in [-0.2, -0.15) is 0 Å². The number of nitrogens with one attached hydrogen (secondary N) is 1. The highest BCUT2D eigenvalue weighted by molar-refractivity contribution is 5.98. The summed E-state index contributed by atoms with van der Waals surface area (Å²) >= 11 is 0. The summed E-state index contributed by atoms with van der Waals surface area (Å²) in [4.78, 5) is 26.1. The maximum atomic E-state index is 11.8. The molecule has 7 heteroatoms. The average molecular weight is 274 g/mol. The van der Waals surface area contributed by atoms with E-state index >= 15 is 0 Å². The molecular weight excluding hydrogens is 260 g/mol. The summed E-state index contributed by atoms with van der Waals surface area (Å²) in [5.74, 6) is 0.102. The van der Waals surface area contributed by atoms with Gasteiger partial charge in [0.2, 0.25) is 0 Å². The first-order valence-electron chi connectivity index (χ1n) is 5.96. The summed E-state index contributed by atoms with van der Waals surface area (Å²) in [6, 6.07) is 5.41. The first-order chi connectivity index (χ1) is 9.40. The maximum absolute atomic E-state index is 11.8.